The Kier molecular flexibility index (Phi) is 6.55. The molecule has 7 aromatic carbocycles. The largest absolute Gasteiger partial charge is 0.309 e. The van der Waals surface area contributed by atoms with Gasteiger partial charge in [0.15, 0.2) is 5.71 Å². The summed E-state index contributed by atoms with van der Waals surface area (Å²) in [5.41, 5.74) is 13.0. The lowest BCUT2D eigenvalue weighted by Crippen LogP contribution is -2.48. The first-order chi connectivity index (χ1) is 24.7. The molecular weight excluding hydrogens is 627 g/mol. The molecule has 1 heterocycles. The van der Waals surface area contributed by atoms with Gasteiger partial charge in [-0.15, -0.1) is 0 Å². The van der Waals surface area contributed by atoms with Crippen LogP contribution in [0.5, 0.6) is 0 Å². The number of benzene rings is 7. The van der Waals surface area contributed by atoms with Crippen molar-refractivity contribution >= 4 is 78.7 Å². The predicted molar refractivity (Wildman–Crippen MR) is 213 cm³/mol. The van der Waals surface area contributed by atoms with Gasteiger partial charge in [-0.25, -0.2) is 4.40 Å². The lowest BCUT2D eigenvalue weighted by atomic mass is 9.69. The third-order valence-corrected chi connectivity index (χ3v) is 10.9. The molecule has 50 heavy (non-hydrogen) atoms. The molecule has 0 amide bonds. The number of rotatable bonds is 3. The van der Waals surface area contributed by atoms with Gasteiger partial charge in [-0.05, 0) is 105 Å². The first-order valence-electron chi connectivity index (χ1n) is 17.1. The summed E-state index contributed by atoms with van der Waals surface area (Å²) in [6.07, 6.45) is 3.24. The van der Waals surface area contributed by atoms with Gasteiger partial charge in [0.2, 0.25) is 5.71 Å². The molecular formula is C46H32N3S+. The van der Waals surface area contributed by atoms with Crippen molar-refractivity contribution in [3.05, 3.63) is 186 Å². The molecule has 1 aromatic heterocycles. The van der Waals surface area contributed by atoms with Gasteiger partial charge in [0.1, 0.15) is 0 Å². The summed E-state index contributed by atoms with van der Waals surface area (Å²) < 4.78 is 6.99. The zero-order chi connectivity index (χ0) is 33.3. The predicted octanol–water partition coefficient (Wildman–Crippen LogP) is 9.77. The van der Waals surface area contributed by atoms with Gasteiger partial charge in [0.25, 0.3) is 0 Å². The second-order valence-electron chi connectivity index (χ2n) is 13.3. The molecule has 4 heteroatoms. The zero-order valence-corrected chi connectivity index (χ0v) is 28.1. The average Bonchev–Trinajstić information content (AvgIpc) is 3.52. The minimum Gasteiger partial charge on any atom is -0.309 e. The fourth-order valence-corrected chi connectivity index (χ4v) is 8.72. The summed E-state index contributed by atoms with van der Waals surface area (Å²) in [7, 11) is 0. The highest BCUT2D eigenvalue weighted by atomic mass is 32.1. The van der Waals surface area contributed by atoms with E-state index in [-0.39, 0.29) is 5.92 Å². The van der Waals surface area contributed by atoms with E-state index >= 15 is 0 Å². The molecule has 1 unspecified atom stereocenters. The van der Waals surface area contributed by atoms with Crippen LogP contribution in [0.3, 0.4) is 0 Å². The molecule has 0 radical (unpaired) electrons. The van der Waals surface area contributed by atoms with Crippen LogP contribution >= 0.6 is 12.8 Å². The Morgan fingerprint density at radius 1 is 0.640 bits per heavy atom. The van der Waals surface area contributed by atoms with Crippen LogP contribution in [0, 0.1) is 0 Å². The number of nitrogens with zero attached hydrogens (tertiary/aromatic N) is 2. The number of aromatic nitrogens is 1. The molecule has 2 aliphatic rings. The van der Waals surface area contributed by atoms with Gasteiger partial charge in [-0.1, -0.05) is 121 Å². The van der Waals surface area contributed by atoms with E-state index < -0.39 is 0 Å². The molecule has 3 nitrogen and oxygen atoms in total. The molecule has 0 saturated carbocycles. The number of para-hydroxylation sites is 1. The summed E-state index contributed by atoms with van der Waals surface area (Å²) in [6.45, 7) is 0. The smallest absolute Gasteiger partial charge is 0.232 e. The number of thiol groups is 1. The highest BCUT2D eigenvalue weighted by Crippen LogP contribution is 2.48. The maximum Gasteiger partial charge on any atom is 0.232 e. The fourth-order valence-electron chi connectivity index (χ4n) is 8.50. The van der Waals surface area contributed by atoms with Gasteiger partial charge in [-0.3, -0.25) is 5.41 Å². The van der Waals surface area contributed by atoms with E-state index in [1.54, 1.807) is 0 Å². The van der Waals surface area contributed by atoms with Crippen LogP contribution in [-0.2, 0) is 6.42 Å². The quantitative estimate of drug-likeness (QED) is 0.140. The topological polar surface area (TPSA) is 42.9 Å². The zero-order valence-electron chi connectivity index (χ0n) is 27.2. The molecule has 2 N–H and O–H groups in total. The number of allylic oxidation sites excluding steroid dienone is 4. The van der Waals surface area contributed by atoms with Crippen LogP contribution in [0.15, 0.2) is 168 Å². The van der Waals surface area contributed by atoms with Crippen molar-refractivity contribution in [2.24, 2.45) is 4.40 Å². The second kappa shape index (κ2) is 11.3. The van der Waals surface area contributed by atoms with Crippen molar-refractivity contribution < 1.29 is 5.41 Å². The van der Waals surface area contributed by atoms with Crippen molar-refractivity contribution in [1.29, 1.82) is 0 Å². The van der Waals surface area contributed by atoms with Gasteiger partial charge < -0.3 is 4.57 Å². The molecule has 10 rings (SSSR count). The third-order valence-electron chi connectivity index (χ3n) is 10.7. The SMILES string of the molecule is [NH2+]=C1C(=NS)C(c2ccc3c(c2)c2c4ccccc4ccc2n3-c2ccccc2)=CC2=C1c1c(ccc3ccccc13)CC2c1ccccc1. The van der Waals surface area contributed by atoms with Gasteiger partial charge in [-0.2, -0.15) is 0 Å². The van der Waals surface area contributed by atoms with Crippen LogP contribution in [0.25, 0.3) is 60.2 Å². The second-order valence-corrected chi connectivity index (χ2v) is 13.5. The van der Waals surface area contributed by atoms with E-state index in [1.165, 1.54) is 60.1 Å². The Morgan fingerprint density at radius 2 is 1.30 bits per heavy atom. The molecule has 2 aliphatic carbocycles. The molecule has 0 saturated heterocycles. The molecule has 8 aromatic rings. The van der Waals surface area contributed by atoms with E-state index in [2.05, 4.69) is 180 Å². The number of hydrogen-bond donors (Lipinski definition) is 2. The average molecular weight is 659 g/mol. The molecule has 0 fully saturated rings. The highest BCUT2D eigenvalue weighted by molar-refractivity contribution is 7.79. The molecule has 1 atom stereocenters. The third kappa shape index (κ3) is 4.25. The summed E-state index contributed by atoms with van der Waals surface area (Å²) in [5, 5.41) is 14.6. The van der Waals surface area contributed by atoms with Crippen molar-refractivity contribution in [3.63, 3.8) is 0 Å². The Labute approximate surface area is 295 Å². The maximum absolute atomic E-state index is 7.31. The first kappa shape index (κ1) is 29.0. The highest BCUT2D eigenvalue weighted by Gasteiger charge is 2.39. The van der Waals surface area contributed by atoms with Crippen LogP contribution in [0.4, 0.5) is 0 Å². The molecule has 0 aliphatic heterocycles. The summed E-state index contributed by atoms with van der Waals surface area (Å²) >= 11 is 4.58. The van der Waals surface area contributed by atoms with Crippen LogP contribution in [0.1, 0.15) is 28.2 Å². The Morgan fingerprint density at radius 3 is 2.08 bits per heavy atom. The Balaban J connectivity index is 1.27. The van der Waals surface area contributed by atoms with Crippen molar-refractivity contribution in [3.8, 4) is 5.69 Å². The number of nitrogens with two attached hydrogens (primary N) is 1. The van der Waals surface area contributed by atoms with Crippen molar-refractivity contribution in [2.75, 3.05) is 0 Å². The maximum atomic E-state index is 7.31. The van der Waals surface area contributed by atoms with Gasteiger partial charge in [0, 0.05) is 28.0 Å². The minimum atomic E-state index is 0.141. The Bertz CT molecular complexity index is 2800. The first-order valence-corrected chi connectivity index (χ1v) is 17.5. The molecule has 0 bridgehead atoms. The van der Waals surface area contributed by atoms with E-state index in [1.807, 2.05) is 0 Å². The lowest BCUT2D eigenvalue weighted by molar-refractivity contribution is -0.108. The van der Waals surface area contributed by atoms with Crippen molar-refractivity contribution in [1.82, 2.24) is 4.57 Å². The normalized spacial score (nSPS) is 16.7. The Hall–Kier alpha value is -5.97. The van der Waals surface area contributed by atoms with E-state index in [0.29, 0.717) is 11.4 Å². The van der Waals surface area contributed by atoms with Crippen molar-refractivity contribution in [2.45, 2.75) is 12.3 Å². The van der Waals surface area contributed by atoms with Gasteiger partial charge >= 0.3 is 0 Å². The molecule has 0 spiro atoms. The number of hydrogen-bond acceptors (Lipinski definition) is 2. The fraction of sp³-hybridized carbons (Fsp3) is 0.0435. The van der Waals surface area contributed by atoms with E-state index in [0.717, 1.165) is 34.3 Å². The van der Waals surface area contributed by atoms with Crippen LogP contribution in [-0.4, -0.2) is 16.0 Å². The number of fused-ring (bicyclic) bond motifs is 9. The van der Waals surface area contributed by atoms with Crippen LogP contribution < -0.4 is 5.41 Å². The van der Waals surface area contributed by atoms with E-state index in [9.17, 15) is 0 Å². The summed E-state index contributed by atoms with van der Waals surface area (Å²) in [4.78, 5) is 0. The standard InChI is InChI=1S/C46H31N3S/c47-45-44-38(36(28-11-3-1-4-12-28)26-32-20-19-29-13-7-9-17-34(29)42(32)44)27-37(46(45)48-50)31-22-23-40-39(25-31)43-35-18-10-8-14-30(35)21-24-41(43)49(40)33-15-5-2-6-16-33/h1-25,27,36,47,50H,26H2/p+1. The van der Waals surface area contributed by atoms with Gasteiger partial charge in [0.05, 0.1) is 16.6 Å². The van der Waals surface area contributed by atoms with E-state index in [4.69, 9.17) is 5.41 Å². The monoisotopic (exact) mass is 658 g/mol. The van der Waals surface area contributed by atoms with Crippen LogP contribution in [0.2, 0.25) is 0 Å². The molecule has 236 valence electrons. The summed E-state index contributed by atoms with van der Waals surface area (Å²) in [5.74, 6) is 0.141. The minimum absolute atomic E-state index is 0.141. The summed E-state index contributed by atoms with van der Waals surface area (Å²) in [6, 6.07) is 54.5. The lowest BCUT2D eigenvalue weighted by Gasteiger charge is -2.33.